The van der Waals surface area contributed by atoms with Crippen LogP contribution in [0.2, 0.25) is 0 Å². The molecule has 0 heterocycles. The first-order valence-electron chi connectivity index (χ1n) is 3.46. The molecule has 0 amide bonds. The van der Waals surface area contributed by atoms with Crippen LogP contribution in [0, 0.1) is 13.8 Å². The summed E-state index contributed by atoms with van der Waals surface area (Å²) in [6, 6.07) is 6.09. The minimum absolute atomic E-state index is 0.409. The zero-order chi connectivity index (χ0) is 8.43. The molecular weight excluding hydrogens is 178 g/mol. The molecule has 0 N–H and O–H groups in total. The summed E-state index contributed by atoms with van der Waals surface area (Å²) in [4.78, 5) is 0. The topological polar surface area (TPSA) is 0 Å². The Morgan fingerprint density at radius 3 is 1.82 bits per heavy atom. The molecule has 0 atom stereocenters. The van der Waals surface area contributed by atoms with E-state index in [9.17, 15) is 0 Å². The summed E-state index contributed by atoms with van der Waals surface area (Å²) in [6.07, 6.45) is 0. The lowest BCUT2D eigenvalue weighted by Crippen LogP contribution is -2.18. The lowest BCUT2D eigenvalue weighted by atomic mass is 9.90. The highest BCUT2D eigenvalue weighted by Crippen LogP contribution is 2.04. The molecule has 58 valence electrons. The zero-order valence-corrected chi connectivity index (χ0v) is 8.08. The number of aryl methyl sites for hydroxylation is 2. The maximum absolute atomic E-state index is 5.71. The van der Waals surface area contributed by atoms with Crippen LogP contribution in [-0.4, -0.2) is 5.54 Å². The monoisotopic (exact) mass is 186 g/mol. The van der Waals surface area contributed by atoms with E-state index in [1.54, 1.807) is 0 Å². The van der Waals surface area contributed by atoms with Crippen molar-refractivity contribution in [1.29, 1.82) is 0 Å². The van der Waals surface area contributed by atoms with Crippen molar-refractivity contribution in [3.63, 3.8) is 0 Å². The van der Waals surface area contributed by atoms with Gasteiger partial charge in [0.2, 0.25) is 0 Å². The number of rotatable bonds is 1. The van der Waals surface area contributed by atoms with Gasteiger partial charge < -0.3 is 0 Å². The molecule has 0 aliphatic rings. The van der Waals surface area contributed by atoms with Crippen LogP contribution in [0.3, 0.4) is 0 Å². The normalized spacial score (nSPS) is 9.82. The first-order valence-corrected chi connectivity index (χ1v) is 4.33. The fraction of sp³-hybridized carbons (Fsp3) is 0.250. The Labute approximate surface area is 77.4 Å². The standard InChI is InChI=1S/C8H9BCl2/c1-6-3-7(2)5-8(4-6)9(10)11/h3-5H,1-2H3. The number of benzene rings is 1. The summed E-state index contributed by atoms with van der Waals surface area (Å²) in [5, 5.41) is 0. The Balaban J connectivity index is 3.08. The molecule has 0 radical (unpaired) electrons. The van der Waals surface area contributed by atoms with Gasteiger partial charge in [-0.1, -0.05) is 29.3 Å². The first-order chi connectivity index (χ1) is 5.09. The quantitative estimate of drug-likeness (QED) is 0.592. The molecule has 1 aromatic rings. The molecule has 0 spiro atoms. The van der Waals surface area contributed by atoms with E-state index in [4.69, 9.17) is 22.9 Å². The van der Waals surface area contributed by atoms with Crippen molar-refractivity contribution >= 4 is 33.9 Å². The van der Waals surface area contributed by atoms with Crippen LogP contribution in [0.4, 0.5) is 0 Å². The Kier molecular flexibility index (Phi) is 2.86. The Morgan fingerprint density at radius 2 is 1.45 bits per heavy atom. The molecular formula is C8H9BCl2. The van der Waals surface area contributed by atoms with Gasteiger partial charge in [0.15, 0.2) is 0 Å². The van der Waals surface area contributed by atoms with Crippen LogP contribution >= 0.6 is 22.9 Å². The van der Waals surface area contributed by atoms with Crippen LogP contribution in [0.1, 0.15) is 11.1 Å². The van der Waals surface area contributed by atoms with Gasteiger partial charge in [0.1, 0.15) is 0 Å². The van der Waals surface area contributed by atoms with E-state index in [0.29, 0.717) is 0 Å². The van der Waals surface area contributed by atoms with Gasteiger partial charge >= 0.3 is 5.54 Å². The second-order valence-corrected chi connectivity index (χ2v) is 3.82. The maximum atomic E-state index is 5.71. The van der Waals surface area contributed by atoms with Crippen molar-refractivity contribution in [2.24, 2.45) is 0 Å². The Hall–Kier alpha value is -0.135. The van der Waals surface area contributed by atoms with Crippen molar-refractivity contribution in [2.75, 3.05) is 0 Å². The van der Waals surface area contributed by atoms with Crippen molar-refractivity contribution in [3.8, 4) is 0 Å². The summed E-state index contributed by atoms with van der Waals surface area (Å²) in [7, 11) is 0. The van der Waals surface area contributed by atoms with E-state index in [1.807, 2.05) is 26.0 Å². The van der Waals surface area contributed by atoms with Crippen LogP contribution in [0.15, 0.2) is 18.2 Å². The number of hydrogen-bond acceptors (Lipinski definition) is 0. The minimum Gasteiger partial charge on any atom is -0.165 e. The Morgan fingerprint density at radius 1 is 1.00 bits per heavy atom. The number of hydrogen-bond donors (Lipinski definition) is 0. The highest BCUT2D eigenvalue weighted by molar-refractivity contribution is 7.39. The largest absolute Gasteiger partial charge is 0.382 e. The van der Waals surface area contributed by atoms with Gasteiger partial charge in [0.05, 0.1) is 0 Å². The van der Waals surface area contributed by atoms with E-state index >= 15 is 0 Å². The van der Waals surface area contributed by atoms with E-state index in [1.165, 1.54) is 11.1 Å². The summed E-state index contributed by atoms with van der Waals surface area (Å²) < 4.78 is 0. The van der Waals surface area contributed by atoms with Gasteiger partial charge in [-0.25, -0.2) is 0 Å². The van der Waals surface area contributed by atoms with Gasteiger partial charge in [-0.05, 0) is 19.3 Å². The molecule has 1 rings (SSSR count). The van der Waals surface area contributed by atoms with Crippen molar-refractivity contribution in [3.05, 3.63) is 29.3 Å². The highest BCUT2D eigenvalue weighted by Gasteiger charge is 2.09. The molecule has 0 aromatic heterocycles. The number of halogens is 2. The van der Waals surface area contributed by atoms with E-state index in [-0.39, 0.29) is 0 Å². The SMILES string of the molecule is Cc1cc(C)cc(B(Cl)Cl)c1. The molecule has 11 heavy (non-hydrogen) atoms. The van der Waals surface area contributed by atoms with Gasteiger partial charge in [0.25, 0.3) is 0 Å². The van der Waals surface area contributed by atoms with Crippen molar-refractivity contribution in [2.45, 2.75) is 13.8 Å². The molecule has 0 unspecified atom stereocenters. The predicted molar refractivity (Wildman–Crippen MR) is 53.0 cm³/mol. The van der Waals surface area contributed by atoms with Gasteiger partial charge in [0, 0.05) is 0 Å². The molecule has 0 aliphatic heterocycles. The fourth-order valence-electron chi connectivity index (χ4n) is 1.14. The second kappa shape index (κ2) is 3.51. The van der Waals surface area contributed by atoms with Gasteiger partial charge in [-0.3, -0.25) is 0 Å². The highest BCUT2D eigenvalue weighted by atomic mass is 35.5. The lowest BCUT2D eigenvalue weighted by molar-refractivity contribution is 1.40. The first kappa shape index (κ1) is 8.96. The predicted octanol–water partition coefficient (Wildman–Crippen LogP) is 2.48. The average molecular weight is 187 g/mol. The van der Waals surface area contributed by atoms with Gasteiger partial charge in [-0.2, -0.15) is 22.9 Å². The fourth-order valence-corrected chi connectivity index (χ4v) is 1.39. The summed E-state index contributed by atoms with van der Waals surface area (Å²) in [6.45, 7) is 4.07. The van der Waals surface area contributed by atoms with Crippen LogP contribution in [0.25, 0.3) is 0 Å². The second-order valence-electron chi connectivity index (χ2n) is 2.72. The summed E-state index contributed by atoms with van der Waals surface area (Å²) in [5.74, 6) is 0. The van der Waals surface area contributed by atoms with Crippen LogP contribution < -0.4 is 5.46 Å². The van der Waals surface area contributed by atoms with Gasteiger partial charge in [-0.15, -0.1) is 0 Å². The minimum atomic E-state index is -0.409. The molecule has 0 nitrogen and oxygen atoms in total. The van der Waals surface area contributed by atoms with Crippen molar-refractivity contribution in [1.82, 2.24) is 0 Å². The molecule has 0 fully saturated rings. The average Bonchev–Trinajstić information content (AvgIpc) is 1.85. The third-order valence-corrected chi connectivity index (χ3v) is 2.00. The maximum Gasteiger partial charge on any atom is 0.382 e. The molecule has 3 heteroatoms. The third-order valence-electron chi connectivity index (χ3n) is 1.50. The van der Waals surface area contributed by atoms with Crippen LogP contribution in [-0.2, 0) is 0 Å². The summed E-state index contributed by atoms with van der Waals surface area (Å²) >= 11 is 11.4. The zero-order valence-electron chi connectivity index (χ0n) is 6.57. The van der Waals surface area contributed by atoms with E-state index in [0.717, 1.165) is 5.46 Å². The Bertz CT molecular complexity index is 238. The molecule has 0 saturated carbocycles. The van der Waals surface area contributed by atoms with E-state index < -0.39 is 5.54 Å². The smallest absolute Gasteiger partial charge is 0.165 e. The molecule has 1 aromatic carbocycles. The lowest BCUT2D eigenvalue weighted by Gasteiger charge is -2.02. The molecule has 0 saturated heterocycles. The molecule has 0 aliphatic carbocycles. The van der Waals surface area contributed by atoms with Crippen molar-refractivity contribution < 1.29 is 0 Å². The summed E-state index contributed by atoms with van der Waals surface area (Å²) in [5.41, 5.74) is 2.97. The molecule has 0 bridgehead atoms. The van der Waals surface area contributed by atoms with E-state index in [2.05, 4.69) is 6.07 Å². The van der Waals surface area contributed by atoms with Crippen LogP contribution in [0.5, 0.6) is 0 Å². The third kappa shape index (κ3) is 2.42.